The molecule has 0 saturated carbocycles. The quantitative estimate of drug-likeness (QED) is 0.182. The Bertz CT molecular complexity index is 501. The zero-order chi connectivity index (χ0) is 26.3. The van der Waals surface area contributed by atoms with Crippen molar-refractivity contribution in [3.8, 4) is 0 Å². The fourth-order valence-electron chi connectivity index (χ4n) is 0.816. The van der Waals surface area contributed by atoms with Gasteiger partial charge in [0, 0.05) is 47.8 Å². The molecule has 0 unspecified atom stereocenters. The third kappa shape index (κ3) is 91.9. The molecule has 0 aliphatic heterocycles. The predicted octanol–water partition coefficient (Wildman–Crippen LogP) is -12.5. The first-order chi connectivity index (χ1) is 14.5. The first kappa shape index (κ1) is 56.9. The van der Waals surface area contributed by atoms with E-state index < -0.39 is 99.1 Å². The summed E-state index contributed by atoms with van der Waals surface area (Å²) in [5.74, 6) is -10.9. The summed E-state index contributed by atoms with van der Waals surface area (Å²) in [5, 5.41) is 76.0. The van der Waals surface area contributed by atoms with Crippen LogP contribution in [0.15, 0.2) is 0 Å². The molecule has 36 heavy (non-hydrogen) atoms. The minimum absolute atomic E-state index is 0. The van der Waals surface area contributed by atoms with Gasteiger partial charge in [-0.3, -0.25) is 0 Å². The van der Waals surface area contributed by atoms with Crippen molar-refractivity contribution in [2.24, 2.45) is 0 Å². The molecule has 0 fully saturated rings. The van der Waals surface area contributed by atoms with E-state index in [0.29, 0.717) is 0 Å². The fraction of sp³-hybridized carbons (Fsp3) is 0.500. The molecule has 0 heterocycles. The maximum atomic E-state index is 9.50. The molecular formula is C16H16Ca4O16. The van der Waals surface area contributed by atoms with E-state index in [1.54, 1.807) is 0 Å². The van der Waals surface area contributed by atoms with Gasteiger partial charge in [-0.15, -0.1) is 0 Å². The van der Waals surface area contributed by atoms with Gasteiger partial charge in [-0.25, -0.2) is 0 Å². The average Bonchev–Trinajstić information content (AvgIpc) is 2.63. The normalized spacial score (nSPS) is 7.56. The van der Waals surface area contributed by atoms with Crippen LogP contribution < -0.4 is 40.9 Å². The minimum Gasteiger partial charge on any atom is -0.550 e. The van der Waals surface area contributed by atoms with Crippen LogP contribution in [0.4, 0.5) is 0 Å². The van der Waals surface area contributed by atoms with Crippen molar-refractivity contribution in [2.75, 3.05) is 0 Å². The Morgan fingerprint density at radius 3 is 0.333 bits per heavy atom. The molecule has 0 radical (unpaired) electrons. The van der Waals surface area contributed by atoms with Crippen LogP contribution in [0.1, 0.15) is 51.4 Å². The van der Waals surface area contributed by atoms with E-state index in [9.17, 15) is 79.2 Å². The fourth-order valence-corrected chi connectivity index (χ4v) is 0.816. The summed E-state index contributed by atoms with van der Waals surface area (Å²) < 4.78 is 0. The zero-order valence-corrected chi connectivity index (χ0v) is 27.9. The number of carbonyl (C=O) groups is 8. The number of carboxylic acids is 8. The minimum atomic E-state index is -1.37. The van der Waals surface area contributed by atoms with Crippen LogP contribution in [0.25, 0.3) is 0 Å². The van der Waals surface area contributed by atoms with Crippen molar-refractivity contribution >= 4 is 199 Å². The van der Waals surface area contributed by atoms with E-state index in [-0.39, 0.29) is 151 Å². The second-order valence-electron chi connectivity index (χ2n) is 4.98. The molecule has 0 atom stereocenters. The summed E-state index contributed by atoms with van der Waals surface area (Å²) in [4.78, 5) is 76.0. The van der Waals surface area contributed by atoms with Gasteiger partial charge in [-0.2, -0.15) is 0 Å². The molecule has 0 rings (SSSR count). The molecule has 0 saturated heterocycles. The number of carboxylic acid groups (broad SMARTS) is 8. The third-order valence-corrected chi connectivity index (χ3v) is 2.13. The predicted molar refractivity (Wildman–Crippen MR) is 100 cm³/mol. The smallest absolute Gasteiger partial charge is 0.550 e. The van der Waals surface area contributed by atoms with Gasteiger partial charge in [0.05, 0.1) is 0 Å². The molecule has 0 aliphatic rings. The Kier molecular flexibility index (Phi) is 63.7. The first-order valence-electron chi connectivity index (χ1n) is 8.09. The Hall–Kier alpha value is 0.799. The van der Waals surface area contributed by atoms with Gasteiger partial charge in [0.1, 0.15) is 0 Å². The maximum Gasteiger partial charge on any atom is 2.00 e. The molecule has 184 valence electrons. The Morgan fingerprint density at radius 2 is 0.306 bits per heavy atom. The van der Waals surface area contributed by atoms with Crippen LogP contribution in [0.2, 0.25) is 0 Å². The summed E-state index contributed by atoms with van der Waals surface area (Å²) in [6, 6.07) is 0. The molecule has 0 spiro atoms. The van der Waals surface area contributed by atoms with Gasteiger partial charge < -0.3 is 79.2 Å². The molecule has 20 heteroatoms. The topological polar surface area (TPSA) is 321 Å². The van der Waals surface area contributed by atoms with Crippen molar-refractivity contribution in [3.63, 3.8) is 0 Å². The second-order valence-corrected chi connectivity index (χ2v) is 4.98. The summed E-state index contributed by atoms with van der Waals surface area (Å²) in [6.07, 6.45) is -3.76. The molecule has 0 N–H and O–H groups in total. The SMILES string of the molecule is O=C([O-])CCC(=O)[O-].O=C([O-])CCC(=O)[O-].O=C([O-])CCC(=O)[O-].O=C([O-])CCC(=O)[O-].[Ca+2].[Ca+2].[Ca+2].[Ca+2]. The zero-order valence-electron chi connectivity index (χ0n) is 19.0. The molecule has 16 nitrogen and oxygen atoms in total. The number of rotatable bonds is 12. The first-order valence-corrected chi connectivity index (χ1v) is 8.09. The van der Waals surface area contributed by atoms with Crippen LogP contribution in [0.3, 0.4) is 0 Å². The number of hydrogen-bond donors (Lipinski definition) is 0. The van der Waals surface area contributed by atoms with Crippen molar-refractivity contribution in [2.45, 2.75) is 51.4 Å². The van der Waals surface area contributed by atoms with E-state index in [1.165, 1.54) is 0 Å². The second kappa shape index (κ2) is 40.3. The van der Waals surface area contributed by atoms with Crippen molar-refractivity contribution in [1.29, 1.82) is 0 Å². The molecular weight excluding hydrogens is 608 g/mol. The van der Waals surface area contributed by atoms with E-state index in [0.717, 1.165) is 0 Å². The van der Waals surface area contributed by atoms with Gasteiger partial charge in [0.2, 0.25) is 0 Å². The van der Waals surface area contributed by atoms with Crippen LogP contribution >= 0.6 is 0 Å². The number of aliphatic carboxylic acids is 8. The summed E-state index contributed by atoms with van der Waals surface area (Å²) in [5.41, 5.74) is 0. The molecule has 0 aromatic rings. The molecule has 0 bridgehead atoms. The van der Waals surface area contributed by atoms with E-state index in [1.807, 2.05) is 0 Å². The van der Waals surface area contributed by atoms with Crippen molar-refractivity contribution in [3.05, 3.63) is 0 Å². The van der Waals surface area contributed by atoms with E-state index in [2.05, 4.69) is 0 Å². The molecule has 0 aromatic carbocycles. The Balaban J connectivity index is -0.0000000467. The Labute approximate surface area is 323 Å². The van der Waals surface area contributed by atoms with Crippen molar-refractivity contribution < 1.29 is 79.2 Å². The van der Waals surface area contributed by atoms with E-state index >= 15 is 0 Å². The summed E-state index contributed by atoms with van der Waals surface area (Å²) in [7, 11) is 0. The standard InChI is InChI=1S/4C4H6O4.4Ca/c4*5-3(6)1-2-4(7)8;;;;/h4*1-2H2,(H,5,6)(H,7,8);;;;/q;;;;4*+2/p-8. The maximum absolute atomic E-state index is 9.50. The van der Waals surface area contributed by atoms with Gasteiger partial charge in [-0.05, 0) is 51.4 Å². The van der Waals surface area contributed by atoms with E-state index in [4.69, 9.17) is 0 Å². The van der Waals surface area contributed by atoms with Gasteiger partial charge in [-0.1, -0.05) is 0 Å². The molecule has 0 aliphatic carbocycles. The summed E-state index contributed by atoms with van der Waals surface area (Å²) >= 11 is 0. The van der Waals surface area contributed by atoms with Gasteiger partial charge in [0.15, 0.2) is 0 Å². The van der Waals surface area contributed by atoms with Crippen LogP contribution in [0, 0.1) is 0 Å². The van der Waals surface area contributed by atoms with Crippen LogP contribution in [-0.2, 0) is 38.4 Å². The largest absolute Gasteiger partial charge is 2.00 e. The average molecular weight is 625 g/mol. The third-order valence-electron chi connectivity index (χ3n) is 2.13. The van der Waals surface area contributed by atoms with Crippen LogP contribution in [-0.4, -0.2) is 199 Å². The van der Waals surface area contributed by atoms with Gasteiger partial charge in [0.25, 0.3) is 0 Å². The van der Waals surface area contributed by atoms with Gasteiger partial charge >= 0.3 is 151 Å². The molecule has 0 aromatic heterocycles. The number of carbonyl (C=O) groups excluding carboxylic acids is 8. The number of hydrogen-bond acceptors (Lipinski definition) is 16. The molecule has 0 amide bonds. The monoisotopic (exact) mass is 624 g/mol. The van der Waals surface area contributed by atoms with Crippen LogP contribution in [0.5, 0.6) is 0 Å². The van der Waals surface area contributed by atoms with Crippen molar-refractivity contribution in [1.82, 2.24) is 0 Å². The summed E-state index contributed by atoms with van der Waals surface area (Å²) in [6.45, 7) is 0. The Morgan fingerprint density at radius 1 is 0.250 bits per heavy atom.